The van der Waals surface area contributed by atoms with E-state index in [9.17, 15) is 0 Å². The average molecular weight is 408 g/mol. The molecule has 110 valence electrons. The van der Waals surface area contributed by atoms with Gasteiger partial charge in [0.2, 0.25) is 0 Å². The van der Waals surface area contributed by atoms with E-state index in [4.69, 9.17) is 0 Å². The molecule has 1 aliphatic carbocycles. The van der Waals surface area contributed by atoms with Gasteiger partial charge in [0.15, 0.2) is 0 Å². The van der Waals surface area contributed by atoms with Gasteiger partial charge in [-0.15, -0.1) is 0 Å². The maximum absolute atomic E-state index is 3.59. The maximum Gasteiger partial charge on any atom is 0.0283 e. The first-order valence-corrected chi connectivity index (χ1v) is 9.77. The van der Waals surface area contributed by atoms with Crippen molar-refractivity contribution in [1.82, 2.24) is 0 Å². The topological polar surface area (TPSA) is 0 Å². The third-order valence-electron chi connectivity index (χ3n) is 4.71. The molecule has 0 saturated carbocycles. The zero-order chi connectivity index (χ0) is 15.0. The highest BCUT2D eigenvalue weighted by atomic mass is 79.9. The van der Waals surface area contributed by atoms with E-state index in [0.29, 0.717) is 0 Å². The molecule has 0 saturated heterocycles. The predicted molar refractivity (Wildman–Crippen MR) is 98.5 cm³/mol. The first-order valence-electron chi connectivity index (χ1n) is 7.53. The highest BCUT2D eigenvalue weighted by Crippen LogP contribution is 2.51. The number of halogens is 2. The first kappa shape index (κ1) is 15.3. The Morgan fingerprint density at radius 2 is 1.33 bits per heavy atom. The standard InChI is InChI=1S/C19H20Br2/c1-3-8-19(2)17-9-13(11-20)4-6-15(17)16-7-5-14(12-21)10-18(16)19/h4-7,9-10H,3,8,11-12H2,1-2H3. The van der Waals surface area contributed by atoms with Crippen molar-refractivity contribution in [1.29, 1.82) is 0 Å². The molecule has 0 bridgehead atoms. The third-order valence-corrected chi connectivity index (χ3v) is 6.00. The summed E-state index contributed by atoms with van der Waals surface area (Å²) >= 11 is 7.19. The molecule has 2 aromatic carbocycles. The van der Waals surface area contributed by atoms with Crippen molar-refractivity contribution >= 4 is 31.9 Å². The van der Waals surface area contributed by atoms with Crippen LogP contribution in [-0.4, -0.2) is 0 Å². The predicted octanol–water partition coefficient (Wildman–Crippen LogP) is 6.56. The van der Waals surface area contributed by atoms with Gasteiger partial charge in [0.25, 0.3) is 0 Å². The number of alkyl halides is 2. The molecule has 0 aliphatic heterocycles. The quantitative estimate of drug-likeness (QED) is 0.503. The Labute approximate surface area is 144 Å². The summed E-state index contributed by atoms with van der Waals surface area (Å²) in [5, 5.41) is 1.84. The van der Waals surface area contributed by atoms with Crippen LogP contribution in [0.25, 0.3) is 11.1 Å². The fourth-order valence-corrected chi connectivity index (χ4v) is 4.34. The van der Waals surface area contributed by atoms with E-state index in [1.54, 1.807) is 0 Å². The second-order valence-electron chi connectivity index (χ2n) is 6.11. The molecule has 0 fully saturated rings. The van der Waals surface area contributed by atoms with Crippen LogP contribution in [0.4, 0.5) is 0 Å². The molecular formula is C19H20Br2. The lowest BCUT2D eigenvalue weighted by Crippen LogP contribution is -2.20. The fraction of sp³-hybridized carbons (Fsp3) is 0.368. The van der Waals surface area contributed by atoms with Gasteiger partial charge in [0.05, 0.1) is 0 Å². The van der Waals surface area contributed by atoms with Crippen molar-refractivity contribution in [3.8, 4) is 11.1 Å². The van der Waals surface area contributed by atoms with Gasteiger partial charge in [0, 0.05) is 16.1 Å². The van der Waals surface area contributed by atoms with Crippen LogP contribution < -0.4 is 0 Å². The van der Waals surface area contributed by atoms with E-state index in [1.807, 2.05) is 0 Å². The van der Waals surface area contributed by atoms with Crippen molar-refractivity contribution in [3.63, 3.8) is 0 Å². The number of fused-ring (bicyclic) bond motifs is 3. The summed E-state index contributed by atoms with van der Waals surface area (Å²) in [4.78, 5) is 0. The van der Waals surface area contributed by atoms with E-state index >= 15 is 0 Å². The monoisotopic (exact) mass is 406 g/mol. The normalized spacial score (nSPS) is 14.9. The molecule has 2 heteroatoms. The summed E-state index contributed by atoms with van der Waals surface area (Å²) in [6, 6.07) is 13.9. The molecule has 2 aromatic rings. The Morgan fingerprint density at radius 3 is 1.71 bits per heavy atom. The maximum atomic E-state index is 3.59. The number of benzene rings is 2. The molecule has 0 radical (unpaired) electrons. The Bertz CT molecular complexity index is 620. The van der Waals surface area contributed by atoms with E-state index in [1.165, 1.54) is 46.2 Å². The second kappa shape index (κ2) is 5.89. The number of hydrogen-bond donors (Lipinski definition) is 0. The first-order chi connectivity index (χ1) is 10.1. The molecule has 0 amide bonds. The highest BCUT2D eigenvalue weighted by molar-refractivity contribution is 9.08. The smallest absolute Gasteiger partial charge is 0.0283 e. The van der Waals surface area contributed by atoms with Crippen molar-refractivity contribution in [2.45, 2.75) is 42.8 Å². The molecule has 0 heterocycles. The molecule has 0 atom stereocenters. The van der Waals surface area contributed by atoms with Gasteiger partial charge in [-0.1, -0.05) is 88.5 Å². The van der Waals surface area contributed by atoms with Crippen LogP contribution in [-0.2, 0) is 16.1 Å². The van der Waals surface area contributed by atoms with E-state index < -0.39 is 0 Å². The van der Waals surface area contributed by atoms with Gasteiger partial charge in [0.1, 0.15) is 0 Å². The molecule has 0 N–H and O–H groups in total. The molecule has 3 rings (SSSR count). The van der Waals surface area contributed by atoms with Crippen molar-refractivity contribution in [2.75, 3.05) is 0 Å². The third kappa shape index (κ3) is 2.41. The minimum Gasteiger partial charge on any atom is -0.0876 e. The van der Waals surface area contributed by atoms with Crippen LogP contribution in [0.1, 0.15) is 48.9 Å². The molecule has 0 nitrogen and oxygen atoms in total. The van der Waals surface area contributed by atoms with Crippen LogP contribution in [0.2, 0.25) is 0 Å². The van der Waals surface area contributed by atoms with Crippen molar-refractivity contribution in [3.05, 3.63) is 58.7 Å². The summed E-state index contributed by atoms with van der Waals surface area (Å²) in [5.74, 6) is 0. The summed E-state index contributed by atoms with van der Waals surface area (Å²) in [7, 11) is 0. The lowest BCUT2D eigenvalue weighted by atomic mass is 9.76. The van der Waals surface area contributed by atoms with E-state index in [2.05, 4.69) is 82.1 Å². The summed E-state index contributed by atoms with van der Waals surface area (Å²) in [6.07, 6.45) is 2.40. The van der Waals surface area contributed by atoms with Crippen molar-refractivity contribution in [2.24, 2.45) is 0 Å². The van der Waals surface area contributed by atoms with Gasteiger partial charge < -0.3 is 0 Å². The zero-order valence-electron chi connectivity index (χ0n) is 12.5. The van der Waals surface area contributed by atoms with Gasteiger partial charge in [-0.3, -0.25) is 0 Å². The summed E-state index contributed by atoms with van der Waals surface area (Å²) in [5.41, 5.74) is 8.73. The van der Waals surface area contributed by atoms with Crippen LogP contribution in [0, 0.1) is 0 Å². The lowest BCUT2D eigenvalue weighted by molar-refractivity contribution is 0.523. The summed E-state index contributed by atoms with van der Waals surface area (Å²) in [6.45, 7) is 4.70. The van der Waals surface area contributed by atoms with Crippen LogP contribution in [0.15, 0.2) is 36.4 Å². The summed E-state index contributed by atoms with van der Waals surface area (Å²) < 4.78 is 0. The Hall–Kier alpha value is -0.600. The Morgan fingerprint density at radius 1 is 0.857 bits per heavy atom. The average Bonchev–Trinajstić information content (AvgIpc) is 2.76. The number of hydrogen-bond acceptors (Lipinski definition) is 0. The van der Waals surface area contributed by atoms with Gasteiger partial charge in [-0.05, 0) is 39.8 Å². The Balaban J connectivity index is 2.25. The molecule has 1 aliphatic rings. The van der Waals surface area contributed by atoms with E-state index in [0.717, 1.165) is 10.7 Å². The Kier molecular flexibility index (Phi) is 4.29. The van der Waals surface area contributed by atoms with Crippen molar-refractivity contribution < 1.29 is 0 Å². The van der Waals surface area contributed by atoms with Crippen LogP contribution in [0.3, 0.4) is 0 Å². The largest absolute Gasteiger partial charge is 0.0876 e. The van der Waals surface area contributed by atoms with Gasteiger partial charge >= 0.3 is 0 Å². The molecule has 0 unspecified atom stereocenters. The minimum absolute atomic E-state index is 0.149. The van der Waals surface area contributed by atoms with Crippen LogP contribution in [0.5, 0.6) is 0 Å². The highest BCUT2D eigenvalue weighted by Gasteiger charge is 2.38. The van der Waals surface area contributed by atoms with Crippen LogP contribution >= 0.6 is 31.9 Å². The number of rotatable bonds is 4. The molecule has 21 heavy (non-hydrogen) atoms. The van der Waals surface area contributed by atoms with E-state index in [-0.39, 0.29) is 5.41 Å². The molecule has 0 aromatic heterocycles. The second-order valence-corrected chi connectivity index (χ2v) is 7.23. The zero-order valence-corrected chi connectivity index (χ0v) is 15.7. The molecule has 0 spiro atoms. The van der Waals surface area contributed by atoms with Gasteiger partial charge in [-0.25, -0.2) is 0 Å². The fourth-order valence-electron chi connectivity index (χ4n) is 3.65. The minimum atomic E-state index is 0.149. The lowest BCUT2D eigenvalue weighted by Gasteiger charge is -2.27. The SMILES string of the molecule is CCCC1(C)c2cc(CBr)ccc2-c2ccc(CBr)cc21. The van der Waals surface area contributed by atoms with Gasteiger partial charge in [-0.2, -0.15) is 0 Å². The molecular weight excluding hydrogens is 388 g/mol.